The second-order valence-electron chi connectivity index (χ2n) is 6.39. The molecule has 1 saturated heterocycles. The molecule has 20 heavy (non-hydrogen) atoms. The molecule has 3 rings (SSSR count). The normalized spacial score (nSPS) is 25.6. The topological polar surface area (TPSA) is 15.3 Å². The van der Waals surface area contributed by atoms with Crippen LogP contribution in [0, 0.1) is 0 Å². The van der Waals surface area contributed by atoms with Gasteiger partial charge in [-0.3, -0.25) is 4.90 Å². The fourth-order valence-corrected chi connectivity index (χ4v) is 4.66. The van der Waals surface area contributed by atoms with Crippen molar-refractivity contribution in [2.45, 2.75) is 55.3 Å². The first kappa shape index (κ1) is 14.4. The molecule has 0 aliphatic carbocycles. The summed E-state index contributed by atoms with van der Waals surface area (Å²) in [6.45, 7) is 8.31. The van der Waals surface area contributed by atoms with Gasteiger partial charge in [0.25, 0.3) is 0 Å². The summed E-state index contributed by atoms with van der Waals surface area (Å²) in [5.41, 5.74) is 1.55. The Morgan fingerprint density at radius 3 is 2.85 bits per heavy atom. The van der Waals surface area contributed by atoms with Gasteiger partial charge in [-0.2, -0.15) is 0 Å². The molecule has 1 aromatic carbocycles. The number of nitrogens with one attached hydrogen (secondary N) is 1. The number of rotatable bonds is 5. The third kappa shape index (κ3) is 3.38. The maximum absolute atomic E-state index is 3.64. The van der Waals surface area contributed by atoms with Crippen molar-refractivity contribution in [3.8, 4) is 0 Å². The van der Waals surface area contributed by atoms with E-state index in [4.69, 9.17) is 0 Å². The fourth-order valence-electron chi connectivity index (χ4n) is 3.31. The molecule has 2 nitrogen and oxygen atoms in total. The van der Waals surface area contributed by atoms with Crippen LogP contribution in [0.3, 0.4) is 0 Å². The van der Waals surface area contributed by atoms with Crippen molar-refractivity contribution in [3.05, 3.63) is 29.8 Å². The number of fused-ring (bicyclic) bond motifs is 1. The molecule has 2 aliphatic rings. The Labute approximate surface area is 127 Å². The van der Waals surface area contributed by atoms with Crippen LogP contribution in [0.2, 0.25) is 0 Å². The zero-order valence-corrected chi connectivity index (χ0v) is 13.5. The van der Waals surface area contributed by atoms with Gasteiger partial charge in [0.1, 0.15) is 0 Å². The van der Waals surface area contributed by atoms with Crippen molar-refractivity contribution < 1.29 is 0 Å². The molecule has 2 unspecified atom stereocenters. The van der Waals surface area contributed by atoms with Crippen LogP contribution in [0.5, 0.6) is 0 Å². The van der Waals surface area contributed by atoms with Gasteiger partial charge in [0.2, 0.25) is 0 Å². The minimum absolute atomic E-state index is 0.640. The summed E-state index contributed by atoms with van der Waals surface area (Å²) in [6, 6.07) is 10.3. The first-order valence-corrected chi connectivity index (χ1v) is 8.82. The number of benzene rings is 1. The Morgan fingerprint density at radius 2 is 2.15 bits per heavy atom. The van der Waals surface area contributed by atoms with Crippen LogP contribution in [0.25, 0.3) is 0 Å². The predicted octanol–water partition coefficient (Wildman–Crippen LogP) is 3.17. The van der Waals surface area contributed by atoms with Crippen molar-refractivity contribution in [2.75, 3.05) is 19.6 Å². The third-order valence-corrected chi connectivity index (χ3v) is 5.80. The summed E-state index contributed by atoms with van der Waals surface area (Å²) < 4.78 is 0. The lowest BCUT2D eigenvalue weighted by atomic mass is 10.1. The summed E-state index contributed by atoms with van der Waals surface area (Å²) in [7, 11) is 0. The number of nitrogens with zero attached hydrogens (tertiary/aromatic N) is 1. The first-order chi connectivity index (χ1) is 9.72. The minimum Gasteiger partial charge on any atom is -0.313 e. The maximum Gasteiger partial charge on any atom is 0.0263 e. The highest BCUT2D eigenvalue weighted by Crippen LogP contribution is 2.37. The van der Waals surface area contributed by atoms with E-state index >= 15 is 0 Å². The zero-order valence-electron chi connectivity index (χ0n) is 12.6. The molecule has 1 fully saturated rings. The smallest absolute Gasteiger partial charge is 0.0263 e. The molecule has 2 heterocycles. The number of thioether (sulfide) groups is 1. The molecule has 0 radical (unpaired) electrons. The second kappa shape index (κ2) is 6.50. The highest BCUT2D eigenvalue weighted by Gasteiger charge is 2.26. The summed E-state index contributed by atoms with van der Waals surface area (Å²) in [6.07, 6.45) is 3.93. The Kier molecular flexibility index (Phi) is 4.69. The Balaban J connectivity index is 1.57. The summed E-state index contributed by atoms with van der Waals surface area (Å²) in [5, 5.41) is 4.37. The highest BCUT2D eigenvalue weighted by molar-refractivity contribution is 8.00. The van der Waals surface area contributed by atoms with Crippen LogP contribution in [-0.2, 0) is 6.42 Å². The lowest BCUT2D eigenvalue weighted by Crippen LogP contribution is -2.44. The van der Waals surface area contributed by atoms with Gasteiger partial charge < -0.3 is 5.32 Å². The summed E-state index contributed by atoms with van der Waals surface area (Å²) >= 11 is 2.08. The van der Waals surface area contributed by atoms with E-state index in [-0.39, 0.29) is 0 Å². The van der Waals surface area contributed by atoms with Gasteiger partial charge in [0, 0.05) is 35.3 Å². The number of hydrogen-bond acceptors (Lipinski definition) is 3. The monoisotopic (exact) mass is 290 g/mol. The Hall–Kier alpha value is -0.510. The van der Waals surface area contributed by atoms with Crippen LogP contribution < -0.4 is 5.32 Å². The van der Waals surface area contributed by atoms with Crippen LogP contribution in [-0.4, -0.2) is 41.9 Å². The van der Waals surface area contributed by atoms with Crippen LogP contribution in [0.1, 0.15) is 32.3 Å². The molecule has 110 valence electrons. The maximum atomic E-state index is 3.64. The fraction of sp³-hybridized carbons (Fsp3) is 0.647. The predicted molar refractivity (Wildman–Crippen MR) is 87.5 cm³/mol. The largest absolute Gasteiger partial charge is 0.313 e. The average molecular weight is 290 g/mol. The zero-order chi connectivity index (χ0) is 13.9. The van der Waals surface area contributed by atoms with E-state index in [1.165, 1.54) is 43.8 Å². The van der Waals surface area contributed by atoms with E-state index in [1.54, 1.807) is 5.56 Å². The van der Waals surface area contributed by atoms with E-state index in [0.717, 1.165) is 5.25 Å². The van der Waals surface area contributed by atoms with E-state index in [2.05, 4.69) is 60.1 Å². The Morgan fingerprint density at radius 1 is 1.30 bits per heavy atom. The molecular formula is C17H26N2S. The summed E-state index contributed by atoms with van der Waals surface area (Å²) in [4.78, 5) is 4.17. The van der Waals surface area contributed by atoms with Crippen molar-refractivity contribution in [1.29, 1.82) is 0 Å². The van der Waals surface area contributed by atoms with Crippen molar-refractivity contribution in [2.24, 2.45) is 0 Å². The standard InChI is InChI=1S/C17H26N2S/c1-13(2)19(11-15-7-5-9-18-15)12-16-10-14-6-3-4-8-17(14)20-16/h3-4,6,8,13,15-16,18H,5,7,9-12H2,1-2H3. The number of hydrogen-bond donors (Lipinski definition) is 1. The van der Waals surface area contributed by atoms with Crippen LogP contribution in [0.15, 0.2) is 29.2 Å². The SMILES string of the molecule is CC(C)N(CC1CCCN1)CC1Cc2ccccc2S1. The van der Waals surface area contributed by atoms with Crippen LogP contribution in [0.4, 0.5) is 0 Å². The molecule has 3 heteroatoms. The van der Waals surface area contributed by atoms with Crippen molar-refractivity contribution in [3.63, 3.8) is 0 Å². The molecule has 0 amide bonds. The van der Waals surface area contributed by atoms with Gasteiger partial charge in [-0.1, -0.05) is 18.2 Å². The van der Waals surface area contributed by atoms with Gasteiger partial charge >= 0.3 is 0 Å². The Bertz CT molecular complexity index is 415. The average Bonchev–Trinajstić information content (AvgIpc) is 3.05. The minimum atomic E-state index is 0.640. The molecule has 0 saturated carbocycles. The van der Waals surface area contributed by atoms with Gasteiger partial charge in [-0.25, -0.2) is 0 Å². The van der Waals surface area contributed by atoms with Crippen molar-refractivity contribution in [1.82, 2.24) is 10.2 Å². The molecule has 1 N–H and O–H groups in total. The van der Waals surface area contributed by atoms with Gasteiger partial charge in [-0.05, 0) is 51.3 Å². The highest BCUT2D eigenvalue weighted by atomic mass is 32.2. The third-order valence-electron chi connectivity index (χ3n) is 4.50. The van der Waals surface area contributed by atoms with Crippen LogP contribution >= 0.6 is 11.8 Å². The first-order valence-electron chi connectivity index (χ1n) is 7.94. The van der Waals surface area contributed by atoms with Gasteiger partial charge in [0.15, 0.2) is 0 Å². The lowest BCUT2D eigenvalue weighted by Gasteiger charge is -2.31. The van der Waals surface area contributed by atoms with E-state index < -0.39 is 0 Å². The molecule has 2 aliphatic heterocycles. The second-order valence-corrected chi connectivity index (χ2v) is 7.73. The van der Waals surface area contributed by atoms with Crippen molar-refractivity contribution >= 4 is 11.8 Å². The van der Waals surface area contributed by atoms with Gasteiger partial charge in [0.05, 0.1) is 0 Å². The summed E-state index contributed by atoms with van der Waals surface area (Å²) in [5.74, 6) is 0. The quantitative estimate of drug-likeness (QED) is 0.897. The molecule has 0 aromatic heterocycles. The van der Waals surface area contributed by atoms with Gasteiger partial charge in [-0.15, -0.1) is 11.8 Å². The van der Waals surface area contributed by atoms with E-state index in [9.17, 15) is 0 Å². The molecule has 1 aromatic rings. The lowest BCUT2D eigenvalue weighted by molar-refractivity contribution is 0.203. The van der Waals surface area contributed by atoms with E-state index in [1.807, 2.05) is 0 Å². The molecule has 0 bridgehead atoms. The molecule has 0 spiro atoms. The van der Waals surface area contributed by atoms with E-state index in [0.29, 0.717) is 12.1 Å². The molecular weight excluding hydrogens is 264 g/mol. The molecule has 2 atom stereocenters.